The third kappa shape index (κ3) is 5.73. The Kier molecular flexibility index (Phi) is 10.2. The van der Waals surface area contributed by atoms with Crippen LogP contribution in [0.1, 0.15) is 91.9 Å². The first-order valence-corrected chi connectivity index (χ1v) is 21.3. The molecule has 0 unspecified atom stereocenters. The quantitative estimate of drug-likeness (QED) is 0.152. The van der Waals surface area contributed by atoms with E-state index in [9.17, 15) is 59.4 Å². The fourth-order valence-electron chi connectivity index (χ4n) is 14.7. The van der Waals surface area contributed by atoms with Crippen LogP contribution in [0, 0.1) is 57.2 Å². The molecule has 0 aromatic carbocycles. The molecule has 14 heteroatoms. The lowest BCUT2D eigenvalue weighted by atomic mass is 9.45. The maximum absolute atomic E-state index is 13.5. The van der Waals surface area contributed by atoms with Crippen LogP contribution in [-0.4, -0.2) is 102 Å². The summed E-state index contributed by atoms with van der Waals surface area (Å²) in [6.07, 6.45) is 8.28. The highest BCUT2D eigenvalue weighted by atomic mass is 16.5. The second-order valence-corrected chi connectivity index (χ2v) is 19.7. The molecule has 0 heterocycles. The Morgan fingerprint density at radius 1 is 0.633 bits per heavy atom. The van der Waals surface area contributed by atoms with Crippen LogP contribution < -0.4 is 0 Å². The van der Waals surface area contributed by atoms with Crippen molar-refractivity contribution in [1.29, 1.82) is 0 Å². The highest BCUT2D eigenvalue weighted by molar-refractivity contribution is 6.03. The average molecular weight is 833 g/mol. The summed E-state index contributed by atoms with van der Waals surface area (Å²) in [5.74, 6) is -6.15. The number of allylic oxidation sites excluding steroid dienone is 6. The molecule has 0 radical (unpaired) electrons. The Hall–Kier alpha value is -3.92. The van der Waals surface area contributed by atoms with Crippen molar-refractivity contribution in [3.63, 3.8) is 0 Å². The zero-order chi connectivity index (χ0) is 43.5. The fourth-order valence-corrected chi connectivity index (χ4v) is 14.7. The van der Waals surface area contributed by atoms with Gasteiger partial charge in [-0.25, -0.2) is 9.59 Å². The van der Waals surface area contributed by atoms with Crippen molar-refractivity contribution < 1.29 is 68.9 Å². The van der Waals surface area contributed by atoms with Crippen molar-refractivity contribution in [2.24, 2.45) is 57.2 Å². The van der Waals surface area contributed by atoms with Crippen LogP contribution in [0.3, 0.4) is 0 Å². The molecule has 8 aliphatic carbocycles. The lowest BCUT2D eigenvalue weighted by Gasteiger charge is -2.60. The minimum absolute atomic E-state index is 0.000951. The summed E-state index contributed by atoms with van der Waals surface area (Å²) in [5, 5.41) is 66.3. The summed E-state index contributed by atoms with van der Waals surface area (Å²) < 4.78 is 11.7. The first-order valence-electron chi connectivity index (χ1n) is 21.3. The number of hydrogen-bond donors (Lipinski definition) is 6. The number of fused-ring (bicyclic) bond motifs is 10. The van der Waals surface area contributed by atoms with Gasteiger partial charge in [0.15, 0.2) is 23.1 Å². The number of rotatable bonds is 8. The van der Waals surface area contributed by atoms with Crippen LogP contribution in [0.5, 0.6) is 0 Å². The summed E-state index contributed by atoms with van der Waals surface area (Å²) in [5.41, 5.74) is -6.53. The van der Waals surface area contributed by atoms with Crippen molar-refractivity contribution in [2.75, 3.05) is 13.2 Å². The van der Waals surface area contributed by atoms with E-state index in [2.05, 4.69) is 0 Å². The molecule has 8 aliphatic rings. The smallest absolute Gasteiger partial charge is 0.336 e. The molecular formula is C46H56O14. The maximum Gasteiger partial charge on any atom is 0.336 e. The highest BCUT2D eigenvalue weighted by Gasteiger charge is 2.71. The predicted octanol–water partition coefficient (Wildman–Crippen LogP) is 2.43. The van der Waals surface area contributed by atoms with Gasteiger partial charge in [0.25, 0.3) is 0 Å². The standard InChI is InChI=1S/C46H56O14/c1-41-19-31(51)39-27(29(41)11-13-45(41,57)33(53)21-47)7-5-23-15-25(49)17-35(43(23,39)3)59-37(55)9-10-38(56)60-36-18-26(50)16-24-6-8-28-30-12-14-46(58,34(54)22-48)42(30,2)20-32(52)40(28)44(24,36)4/h9-10,15-18,27-32,39-40,47-48,51-52,57-58H,5-8,11-14,19-22H2,1-4H3/b10-9+/t27-,28-,29-,30-,31-,32-,39+,40+,41-,42-,43+,44+,45-,46-/m0/s1. The van der Waals surface area contributed by atoms with Gasteiger partial charge >= 0.3 is 11.9 Å². The SMILES string of the molecule is C[C@@]12C(=CC(=O)C=C1OC(=O)/C=C/C(=O)OC1=CC(=O)C=C3CC[C@@H]4[C@H]([C@@H](O)C[C@@]5(C)[C@H]4CC[C@]5(O)C(=O)CO)[C@]31C)CC[C@@H]1[C@@H]2[C@@H](O)C[C@@]2(C)[C@H]1CC[C@]2(O)C(=O)CO. The zero-order valence-corrected chi connectivity index (χ0v) is 34.5. The molecule has 0 aliphatic heterocycles. The monoisotopic (exact) mass is 832 g/mol. The normalized spacial score (nSPS) is 45.4. The van der Waals surface area contributed by atoms with Gasteiger partial charge in [-0.2, -0.15) is 0 Å². The largest absolute Gasteiger partial charge is 0.427 e. The number of ether oxygens (including phenoxy) is 2. The molecule has 0 aromatic rings. The maximum atomic E-state index is 13.5. The van der Waals surface area contributed by atoms with Gasteiger partial charge in [-0.05, 0) is 114 Å². The summed E-state index contributed by atoms with van der Waals surface area (Å²) in [7, 11) is 0. The van der Waals surface area contributed by atoms with E-state index in [1.807, 2.05) is 0 Å². The molecule has 324 valence electrons. The van der Waals surface area contributed by atoms with E-state index in [-0.39, 0.29) is 60.9 Å². The number of ketones is 4. The van der Waals surface area contributed by atoms with Crippen LogP contribution in [0.2, 0.25) is 0 Å². The molecule has 0 aromatic heterocycles. The van der Waals surface area contributed by atoms with Crippen molar-refractivity contribution in [1.82, 2.24) is 0 Å². The van der Waals surface area contributed by atoms with Crippen molar-refractivity contribution in [3.8, 4) is 0 Å². The van der Waals surface area contributed by atoms with Crippen molar-refractivity contribution in [3.05, 3.63) is 59.1 Å². The molecule has 8 rings (SSSR count). The van der Waals surface area contributed by atoms with Gasteiger partial charge in [0.05, 0.1) is 23.0 Å². The first-order chi connectivity index (χ1) is 28.1. The molecule has 6 N–H and O–H groups in total. The number of esters is 2. The van der Waals surface area contributed by atoms with Crippen LogP contribution >= 0.6 is 0 Å². The zero-order valence-electron chi connectivity index (χ0n) is 34.5. The fraction of sp³-hybridized carbons (Fsp3) is 0.652. The molecule has 6 saturated carbocycles. The summed E-state index contributed by atoms with van der Waals surface area (Å²) in [6, 6.07) is 0. The summed E-state index contributed by atoms with van der Waals surface area (Å²) in [4.78, 5) is 78.7. The van der Waals surface area contributed by atoms with Gasteiger partial charge in [0.1, 0.15) is 35.9 Å². The Morgan fingerprint density at radius 3 is 1.35 bits per heavy atom. The minimum atomic E-state index is -1.81. The molecule has 0 amide bonds. The van der Waals surface area contributed by atoms with Crippen LogP contribution in [-0.2, 0) is 38.2 Å². The van der Waals surface area contributed by atoms with Gasteiger partial charge in [-0.3, -0.25) is 19.2 Å². The number of Topliss-reactive ketones (excluding diaryl/α,β-unsaturated/α-hetero) is 2. The molecule has 0 spiro atoms. The lowest BCUT2D eigenvalue weighted by Crippen LogP contribution is -2.62. The summed E-state index contributed by atoms with van der Waals surface area (Å²) >= 11 is 0. The number of carbonyl (C=O) groups is 6. The third-order valence-electron chi connectivity index (χ3n) is 17.6. The van der Waals surface area contributed by atoms with Gasteiger partial charge in [0, 0.05) is 47.0 Å². The van der Waals surface area contributed by atoms with E-state index in [0.29, 0.717) is 49.7 Å². The second-order valence-electron chi connectivity index (χ2n) is 19.7. The first kappa shape index (κ1) is 42.8. The lowest BCUT2D eigenvalue weighted by molar-refractivity contribution is -0.182. The molecule has 60 heavy (non-hydrogen) atoms. The van der Waals surface area contributed by atoms with E-state index in [4.69, 9.17) is 9.47 Å². The van der Waals surface area contributed by atoms with E-state index >= 15 is 0 Å². The minimum Gasteiger partial charge on any atom is -0.427 e. The second kappa shape index (κ2) is 14.3. The van der Waals surface area contributed by atoms with Gasteiger partial charge < -0.3 is 40.1 Å². The number of aliphatic hydroxyl groups excluding tert-OH is 4. The van der Waals surface area contributed by atoms with Crippen LogP contribution in [0.4, 0.5) is 0 Å². The Morgan fingerprint density at radius 2 is 1.00 bits per heavy atom. The van der Waals surface area contributed by atoms with Gasteiger partial charge in [0.2, 0.25) is 0 Å². The van der Waals surface area contributed by atoms with Crippen LogP contribution in [0.15, 0.2) is 59.1 Å². The Balaban J connectivity index is 1.00. The van der Waals surface area contributed by atoms with Crippen molar-refractivity contribution in [2.45, 2.75) is 115 Å². The summed E-state index contributed by atoms with van der Waals surface area (Å²) in [6.45, 7) is 5.54. The van der Waals surface area contributed by atoms with E-state index in [1.165, 1.54) is 24.3 Å². The molecule has 14 atom stereocenters. The molecule has 0 bridgehead atoms. The number of aliphatic hydroxyl groups is 6. The Labute approximate surface area is 348 Å². The van der Waals surface area contributed by atoms with Gasteiger partial charge in [-0.15, -0.1) is 0 Å². The number of carbonyl (C=O) groups excluding carboxylic acids is 6. The van der Waals surface area contributed by atoms with Crippen molar-refractivity contribution >= 4 is 35.1 Å². The number of hydrogen-bond acceptors (Lipinski definition) is 14. The van der Waals surface area contributed by atoms with E-state index < -0.39 is 105 Å². The Bertz CT molecular complexity index is 1970. The van der Waals surface area contributed by atoms with Gasteiger partial charge in [-0.1, -0.05) is 25.0 Å². The molecule has 14 nitrogen and oxygen atoms in total. The topological polar surface area (TPSA) is 242 Å². The predicted molar refractivity (Wildman–Crippen MR) is 209 cm³/mol. The molecule has 0 saturated heterocycles. The van der Waals surface area contributed by atoms with E-state index in [1.54, 1.807) is 27.7 Å². The molecular weight excluding hydrogens is 776 g/mol. The molecule has 6 fully saturated rings. The highest BCUT2D eigenvalue weighted by Crippen LogP contribution is 2.70. The third-order valence-corrected chi connectivity index (χ3v) is 17.6. The van der Waals surface area contributed by atoms with E-state index in [0.717, 1.165) is 12.2 Å². The average Bonchev–Trinajstić information content (AvgIpc) is 3.62. The van der Waals surface area contributed by atoms with Crippen LogP contribution in [0.25, 0.3) is 0 Å².